The van der Waals surface area contributed by atoms with Crippen LogP contribution in [-0.4, -0.2) is 21.4 Å². The highest BCUT2D eigenvalue weighted by molar-refractivity contribution is 7.99. The van der Waals surface area contributed by atoms with Crippen LogP contribution in [0, 0.1) is 13.8 Å². The second kappa shape index (κ2) is 3.41. The van der Waals surface area contributed by atoms with Crippen LogP contribution >= 0.6 is 11.8 Å². The summed E-state index contributed by atoms with van der Waals surface area (Å²) >= 11 is 1.44. The molecule has 2 rings (SSSR count). The average molecular weight is 225 g/mol. The van der Waals surface area contributed by atoms with Gasteiger partial charge in [0.05, 0.1) is 5.03 Å². The molecule has 15 heavy (non-hydrogen) atoms. The molecule has 0 unspecified atom stereocenters. The van der Waals surface area contributed by atoms with Crippen molar-refractivity contribution in [3.8, 4) is 0 Å². The maximum atomic E-state index is 11.7. The van der Waals surface area contributed by atoms with Gasteiger partial charge in [-0.2, -0.15) is 0 Å². The lowest BCUT2D eigenvalue weighted by Gasteiger charge is -2.11. The fourth-order valence-corrected chi connectivity index (χ4v) is 3.04. The number of fused-ring (bicyclic) bond motifs is 1. The molecule has 1 aromatic heterocycles. The van der Waals surface area contributed by atoms with E-state index in [0.29, 0.717) is 5.75 Å². The monoisotopic (exact) mass is 225 g/mol. The molecule has 2 heterocycles. The summed E-state index contributed by atoms with van der Waals surface area (Å²) in [5.74, 6) is -0.499. The summed E-state index contributed by atoms with van der Waals surface area (Å²) in [4.78, 5) is 22.6. The maximum absolute atomic E-state index is 11.7. The van der Waals surface area contributed by atoms with E-state index < -0.39 is 12.0 Å². The Morgan fingerprint density at radius 1 is 1.60 bits per heavy atom. The number of thioether (sulfide) groups is 1. The Bertz CT molecular complexity index is 492. The van der Waals surface area contributed by atoms with E-state index in [2.05, 4.69) is 0 Å². The van der Waals surface area contributed by atoms with Crippen molar-refractivity contribution in [3.63, 3.8) is 0 Å². The standard InChI is InChI=1S/C10H11NO3S/c1-5-3-8(12)11-7(10(13)14)4-15-9(11)6(5)2/h3,7H,4H2,1-2H3,(H,13,14)/t7-/m0/s1. The molecular weight excluding hydrogens is 214 g/mol. The Kier molecular flexibility index (Phi) is 2.34. The van der Waals surface area contributed by atoms with E-state index in [4.69, 9.17) is 5.11 Å². The zero-order valence-electron chi connectivity index (χ0n) is 8.48. The lowest BCUT2D eigenvalue weighted by molar-refractivity contribution is -0.140. The van der Waals surface area contributed by atoms with Crippen molar-refractivity contribution >= 4 is 17.7 Å². The highest BCUT2D eigenvalue weighted by atomic mass is 32.2. The third-order valence-corrected chi connectivity index (χ3v) is 3.94. The van der Waals surface area contributed by atoms with Gasteiger partial charge in [-0.15, -0.1) is 11.8 Å². The van der Waals surface area contributed by atoms with Gasteiger partial charge in [-0.05, 0) is 25.0 Å². The van der Waals surface area contributed by atoms with Crippen LogP contribution in [0.3, 0.4) is 0 Å². The lowest BCUT2D eigenvalue weighted by atomic mass is 10.2. The Morgan fingerprint density at radius 3 is 2.87 bits per heavy atom. The fraction of sp³-hybridized carbons (Fsp3) is 0.400. The first-order valence-corrected chi connectivity index (χ1v) is 5.59. The van der Waals surface area contributed by atoms with Crippen LogP contribution in [0.4, 0.5) is 0 Å². The van der Waals surface area contributed by atoms with E-state index >= 15 is 0 Å². The van der Waals surface area contributed by atoms with Crippen molar-refractivity contribution in [1.29, 1.82) is 0 Å². The quantitative estimate of drug-likeness (QED) is 0.780. The molecule has 1 aliphatic heterocycles. The first kappa shape index (κ1) is 10.3. The van der Waals surface area contributed by atoms with Gasteiger partial charge in [0.25, 0.3) is 5.56 Å². The maximum Gasteiger partial charge on any atom is 0.327 e. The summed E-state index contributed by atoms with van der Waals surface area (Å²) in [6, 6.07) is 0.789. The molecule has 1 aromatic rings. The zero-order valence-corrected chi connectivity index (χ0v) is 9.30. The summed E-state index contributed by atoms with van der Waals surface area (Å²) in [5, 5.41) is 9.77. The van der Waals surface area contributed by atoms with Gasteiger partial charge in [-0.3, -0.25) is 9.36 Å². The van der Waals surface area contributed by atoms with Gasteiger partial charge in [-0.25, -0.2) is 4.79 Å². The van der Waals surface area contributed by atoms with Crippen molar-refractivity contribution in [2.75, 3.05) is 5.75 Å². The largest absolute Gasteiger partial charge is 0.480 e. The minimum atomic E-state index is -0.938. The van der Waals surface area contributed by atoms with E-state index in [0.717, 1.165) is 16.2 Å². The van der Waals surface area contributed by atoms with Crippen molar-refractivity contribution in [1.82, 2.24) is 4.57 Å². The molecule has 1 atom stereocenters. The number of carboxylic acids is 1. The molecule has 4 nitrogen and oxygen atoms in total. The number of nitrogens with zero attached hydrogens (tertiary/aromatic N) is 1. The number of aromatic nitrogens is 1. The minimum Gasteiger partial charge on any atom is -0.480 e. The number of aryl methyl sites for hydroxylation is 1. The second-order valence-electron chi connectivity index (χ2n) is 3.63. The van der Waals surface area contributed by atoms with Crippen LogP contribution in [0.5, 0.6) is 0 Å². The van der Waals surface area contributed by atoms with E-state index in [-0.39, 0.29) is 5.56 Å². The molecule has 0 aliphatic carbocycles. The molecule has 5 heteroatoms. The number of hydrogen-bond donors (Lipinski definition) is 1. The number of hydrogen-bond acceptors (Lipinski definition) is 3. The zero-order chi connectivity index (χ0) is 11.2. The van der Waals surface area contributed by atoms with Gasteiger partial charge in [-0.1, -0.05) is 0 Å². The molecule has 1 aliphatic rings. The van der Waals surface area contributed by atoms with Gasteiger partial charge < -0.3 is 5.11 Å². The SMILES string of the molecule is Cc1cc(=O)n2c(c1C)SC[C@H]2C(=O)O. The highest BCUT2D eigenvalue weighted by Gasteiger charge is 2.30. The van der Waals surface area contributed by atoms with Crippen LogP contribution in [0.25, 0.3) is 0 Å². The molecule has 0 aromatic carbocycles. The van der Waals surface area contributed by atoms with Crippen molar-refractivity contribution < 1.29 is 9.90 Å². The van der Waals surface area contributed by atoms with Crippen LogP contribution in [-0.2, 0) is 4.79 Å². The summed E-state index contributed by atoms with van der Waals surface area (Å²) < 4.78 is 1.38. The molecule has 0 fully saturated rings. The normalized spacial score (nSPS) is 18.9. The number of carbonyl (C=O) groups is 1. The van der Waals surface area contributed by atoms with Gasteiger partial charge in [0.1, 0.15) is 6.04 Å². The van der Waals surface area contributed by atoms with Crippen LogP contribution in [0.15, 0.2) is 15.9 Å². The van der Waals surface area contributed by atoms with Gasteiger partial charge in [0.15, 0.2) is 0 Å². The molecule has 0 saturated carbocycles. The second-order valence-corrected chi connectivity index (χ2v) is 4.64. The molecule has 0 radical (unpaired) electrons. The first-order chi connectivity index (χ1) is 7.02. The Balaban J connectivity index is 2.69. The van der Waals surface area contributed by atoms with E-state index in [1.54, 1.807) is 0 Å². The van der Waals surface area contributed by atoms with E-state index in [1.807, 2.05) is 13.8 Å². The number of carboxylic acid groups (broad SMARTS) is 1. The molecule has 0 bridgehead atoms. The Morgan fingerprint density at radius 2 is 2.27 bits per heavy atom. The summed E-state index contributed by atoms with van der Waals surface area (Å²) in [5.41, 5.74) is 1.71. The van der Waals surface area contributed by atoms with Crippen LogP contribution in [0.2, 0.25) is 0 Å². The summed E-state index contributed by atoms with van der Waals surface area (Å²) in [6.45, 7) is 3.78. The minimum absolute atomic E-state index is 0.217. The van der Waals surface area contributed by atoms with Crippen molar-refractivity contribution in [2.24, 2.45) is 0 Å². The Hall–Kier alpha value is -1.23. The topological polar surface area (TPSA) is 59.3 Å². The number of pyridine rings is 1. The van der Waals surface area contributed by atoms with E-state index in [9.17, 15) is 9.59 Å². The summed E-state index contributed by atoms with van der Waals surface area (Å²) in [6.07, 6.45) is 0. The smallest absolute Gasteiger partial charge is 0.327 e. The molecule has 1 N–H and O–H groups in total. The number of aliphatic carboxylic acids is 1. The van der Waals surface area contributed by atoms with E-state index in [1.165, 1.54) is 22.4 Å². The third-order valence-electron chi connectivity index (χ3n) is 2.68. The van der Waals surface area contributed by atoms with Crippen molar-refractivity contribution in [3.05, 3.63) is 27.5 Å². The Labute approximate surface area is 90.9 Å². The predicted molar refractivity (Wildman–Crippen MR) is 57.6 cm³/mol. The van der Waals surface area contributed by atoms with Gasteiger partial charge >= 0.3 is 5.97 Å². The van der Waals surface area contributed by atoms with Crippen molar-refractivity contribution in [2.45, 2.75) is 24.9 Å². The first-order valence-electron chi connectivity index (χ1n) is 4.60. The molecular formula is C10H11NO3S. The molecule has 0 saturated heterocycles. The number of rotatable bonds is 1. The molecule has 0 spiro atoms. The van der Waals surface area contributed by atoms with Crippen LogP contribution < -0.4 is 5.56 Å². The molecule has 80 valence electrons. The van der Waals surface area contributed by atoms with Gasteiger partial charge in [0.2, 0.25) is 0 Å². The summed E-state index contributed by atoms with van der Waals surface area (Å²) in [7, 11) is 0. The van der Waals surface area contributed by atoms with Gasteiger partial charge in [0, 0.05) is 11.8 Å². The third kappa shape index (κ3) is 1.47. The lowest BCUT2D eigenvalue weighted by Crippen LogP contribution is -2.28. The predicted octanol–water partition coefficient (Wildman–Crippen LogP) is 1.20. The molecule has 0 amide bonds. The fourth-order valence-electron chi connectivity index (χ4n) is 1.70. The van der Waals surface area contributed by atoms with Crippen LogP contribution in [0.1, 0.15) is 17.2 Å². The highest BCUT2D eigenvalue weighted by Crippen LogP contribution is 2.34. The average Bonchev–Trinajstić information content (AvgIpc) is 2.58.